The van der Waals surface area contributed by atoms with Crippen molar-refractivity contribution >= 4 is 15.7 Å². The molecule has 0 radical (unpaired) electrons. The Bertz CT molecular complexity index is 741. The zero-order chi connectivity index (χ0) is 16.7. The molecule has 0 saturated carbocycles. The summed E-state index contributed by atoms with van der Waals surface area (Å²) in [6.45, 7) is 1.94. The Morgan fingerprint density at radius 2 is 1.83 bits per heavy atom. The van der Waals surface area contributed by atoms with Crippen LogP contribution in [-0.2, 0) is 16.3 Å². The van der Waals surface area contributed by atoms with E-state index in [4.69, 9.17) is 0 Å². The summed E-state index contributed by atoms with van der Waals surface area (Å²) in [4.78, 5) is 15.9. The standard InChI is InChI=1S/C17H20N2O3S/c1-14-7-8-16(13-19-14)17(20)18-10-12-23(21,22)11-9-15-5-3-2-4-6-15/h2-8,13H,9-12H2,1H3,(H,18,20). The molecule has 122 valence electrons. The molecule has 1 aromatic carbocycles. The highest BCUT2D eigenvalue weighted by atomic mass is 32.2. The summed E-state index contributed by atoms with van der Waals surface area (Å²) < 4.78 is 24.0. The molecule has 0 aliphatic heterocycles. The maximum atomic E-state index is 12.0. The number of hydrogen-bond acceptors (Lipinski definition) is 4. The minimum atomic E-state index is -3.19. The van der Waals surface area contributed by atoms with Crippen molar-refractivity contribution in [2.75, 3.05) is 18.1 Å². The topological polar surface area (TPSA) is 76.1 Å². The van der Waals surface area contributed by atoms with Crippen LogP contribution in [0.5, 0.6) is 0 Å². The second-order valence-electron chi connectivity index (χ2n) is 5.33. The van der Waals surface area contributed by atoms with Crippen LogP contribution in [0.15, 0.2) is 48.7 Å². The fourth-order valence-electron chi connectivity index (χ4n) is 2.04. The summed E-state index contributed by atoms with van der Waals surface area (Å²) in [6, 6.07) is 12.9. The van der Waals surface area contributed by atoms with E-state index in [1.807, 2.05) is 37.3 Å². The van der Waals surface area contributed by atoms with Crippen molar-refractivity contribution in [2.24, 2.45) is 0 Å². The van der Waals surface area contributed by atoms with Gasteiger partial charge < -0.3 is 5.32 Å². The Morgan fingerprint density at radius 1 is 1.09 bits per heavy atom. The molecule has 1 heterocycles. The minimum Gasteiger partial charge on any atom is -0.351 e. The SMILES string of the molecule is Cc1ccc(C(=O)NCCS(=O)(=O)CCc2ccccc2)cn1. The summed E-state index contributed by atoms with van der Waals surface area (Å²) in [7, 11) is -3.19. The summed E-state index contributed by atoms with van der Waals surface area (Å²) >= 11 is 0. The van der Waals surface area contributed by atoms with Gasteiger partial charge in [-0.25, -0.2) is 8.42 Å². The van der Waals surface area contributed by atoms with Gasteiger partial charge in [0.15, 0.2) is 9.84 Å². The third kappa shape index (κ3) is 5.83. The van der Waals surface area contributed by atoms with Crippen LogP contribution in [-0.4, -0.2) is 37.4 Å². The van der Waals surface area contributed by atoms with Gasteiger partial charge >= 0.3 is 0 Å². The van der Waals surface area contributed by atoms with E-state index in [0.717, 1.165) is 11.3 Å². The van der Waals surface area contributed by atoms with Crippen molar-refractivity contribution < 1.29 is 13.2 Å². The molecule has 0 aliphatic rings. The number of aryl methyl sites for hydroxylation is 2. The molecular formula is C17H20N2O3S. The van der Waals surface area contributed by atoms with Crippen LogP contribution in [0.25, 0.3) is 0 Å². The fraction of sp³-hybridized carbons (Fsp3) is 0.294. The van der Waals surface area contributed by atoms with Crippen LogP contribution >= 0.6 is 0 Å². The number of rotatable bonds is 7. The second kappa shape index (κ2) is 7.87. The van der Waals surface area contributed by atoms with Gasteiger partial charge in [-0.05, 0) is 31.0 Å². The van der Waals surface area contributed by atoms with E-state index in [1.54, 1.807) is 12.1 Å². The summed E-state index contributed by atoms with van der Waals surface area (Å²) in [5.74, 6) is -0.292. The second-order valence-corrected chi connectivity index (χ2v) is 7.64. The number of carbonyl (C=O) groups is 1. The third-order valence-corrected chi connectivity index (χ3v) is 5.07. The predicted octanol–water partition coefficient (Wildman–Crippen LogP) is 1.78. The smallest absolute Gasteiger partial charge is 0.252 e. The first-order valence-corrected chi connectivity index (χ1v) is 9.24. The van der Waals surface area contributed by atoms with Gasteiger partial charge in [0.25, 0.3) is 5.91 Å². The molecule has 23 heavy (non-hydrogen) atoms. The Morgan fingerprint density at radius 3 is 2.48 bits per heavy atom. The van der Waals surface area contributed by atoms with Gasteiger partial charge in [-0.2, -0.15) is 0 Å². The third-order valence-electron chi connectivity index (χ3n) is 3.42. The average molecular weight is 332 g/mol. The number of hydrogen-bond donors (Lipinski definition) is 1. The van der Waals surface area contributed by atoms with Crippen LogP contribution in [0.3, 0.4) is 0 Å². The van der Waals surface area contributed by atoms with E-state index in [0.29, 0.717) is 12.0 Å². The summed E-state index contributed by atoms with van der Waals surface area (Å²) in [5.41, 5.74) is 2.24. The number of pyridine rings is 1. The van der Waals surface area contributed by atoms with Crippen LogP contribution < -0.4 is 5.32 Å². The molecule has 0 fully saturated rings. The monoisotopic (exact) mass is 332 g/mol. The highest BCUT2D eigenvalue weighted by molar-refractivity contribution is 7.91. The van der Waals surface area contributed by atoms with E-state index in [9.17, 15) is 13.2 Å². The lowest BCUT2D eigenvalue weighted by Crippen LogP contribution is -2.30. The molecule has 0 spiro atoms. The van der Waals surface area contributed by atoms with Crippen molar-refractivity contribution in [3.05, 3.63) is 65.5 Å². The molecule has 6 heteroatoms. The maximum absolute atomic E-state index is 12.0. The number of nitrogens with one attached hydrogen (secondary N) is 1. The number of nitrogens with zero attached hydrogens (tertiary/aromatic N) is 1. The van der Waals surface area contributed by atoms with E-state index in [-0.39, 0.29) is 24.0 Å². The van der Waals surface area contributed by atoms with Gasteiger partial charge in [0.1, 0.15) is 0 Å². The number of amides is 1. The first kappa shape index (κ1) is 17.1. The minimum absolute atomic E-state index is 0.0646. The summed E-state index contributed by atoms with van der Waals surface area (Å²) in [6.07, 6.45) is 1.97. The number of benzene rings is 1. The molecule has 2 rings (SSSR count). The highest BCUT2D eigenvalue weighted by Gasteiger charge is 2.12. The van der Waals surface area contributed by atoms with Gasteiger partial charge in [0.2, 0.25) is 0 Å². The largest absolute Gasteiger partial charge is 0.351 e. The van der Waals surface area contributed by atoms with Crippen molar-refractivity contribution in [3.63, 3.8) is 0 Å². The van der Waals surface area contributed by atoms with Crippen LogP contribution in [0, 0.1) is 6.92 Å². The molecule has 0 unspecified atom stereocenters. The molecule has 1 aromatic heterocycles. The molecule has 5 nitrogen and oxygen atoms in total. The van der Waals surface area contributed by atoms with Gasteiger partial charge in [0.05, 0.1) is 17.1 Å². The fourth-order valence-corrected chi connectivity index (χ4v) is 3.21. The molecule has 0 aliphatic carbocycles. The highest BCUT2D eigenvalue weighted by Crippen LogP contribution is 2.03. The zero-order valence-electron chi connectivity index (χ0n) is 13.0. The van der Waals surface area contributed by atoms with Gasteiger partial charge in [-0.15, -0.1) is 0 Å². The molecule has 1 amide bonds. The molecular weight excluding hydrogens is 312 g/mol. The van der Waals surface area contributed by atoms with E-state index in [2.05, 4.69) is 10.3 Å². The lowest BCUT2D eigenvalue weighted by molar-refractivity contribution is 0.0956. The Kier molecular flexibility index (Phi) is 5.87. The molecule has 0 atom stereocenters. The average Bonchev–Trinajstić information content (AvgIpc) is 2.54. The van der Waals surface area contributed by atoms with Crippen molar-refractivity contribution in [2.45, 2.75) is 13.3 Å². The van der Waals surface area contributed by atoms with Crippen molar-refractivity contribution in [1.29, 1.82) is 0 Å². The number of sulfone groups is 1. The zero-order valence-corrected chi connectivity index (χ0v) is 13.8. The van der Waals surface area contributed by atoms with Gasteiger partial charge in [-0.1, -0.05) is 30.3 Å². The van der Waals surface area contributed by atoms with E-state index < -0.39 is 9.84 Å². The normalized spacial score (nSPS) is 11.2. The van der Waals surface area contributed by atoms with Gasteiger partial charge in [0, 0.05) is 18.4 Å². The number of aromatic nitrogens is 1. The van der Waals surface area contributed by atoms with Crippen LogP contribution in [0.1, 0.15) is 21.6 Å². The molecule has 0 saturated heterocycles. The Hall–Kier alpha value is -2.21. The maximum Gasteiger partial charge on any atom is 0.252 e. The van der Waals surface area contributed by atoms with Crippen LogP contribution in [0.4, 0.5) is 0 Å². The first-order chi connectivity index (χ1) is 11.0. The van der Waals surface area contributed by atoms with Crippen LogP contribution in [0.2, 0.25) is 0 Å². The predicted molar refractivity (Wildman–Crippen MR) is 90.1 cm³/mol. The summed E-state index contributed by atoms with van der Waals surface area (Å²) in [5, 5.41) is 2.61. The van der Waals surface area contributed by atoms with E-state index in [1.165, 1.54) is 6.20 Å². The Labute approximate surface area is 136 Å². The van der Waals surface area contributed by atoms with Crippen molar-refractivity contribution in [1.82, 2.24) is 10.3 Å². The van der Waals surface area contributed by atoms with Crippen molar-refractivity contribution in [3.8, 4) is 0 Å². The number of carbonyl (C=O) groups excluding carboxylic acids is 1. The quantitative estimate of drug-likeness (QED) is 0.838. The lowest BCUT2D eigenvalue weighted by atomic mass is 10.2. The molecule has 2 aromatic rings. The van der Waals surface area contributed by atoms with Gasteiger partial charge in [-0.3, -0.25) is 9.78 Å². The lowest BCUT2D eigenvalue weighted by Gasteiger charge is -2.07. The Balaban J connectivity index is 1.78. The van der Waals surface area contributed by atoms with E-state index >= 15 is 0 Å². The molecule has 1 N–H and O–H groups in total. The first-order valence-electron chi connectivity index (χ1n) is 7.41. The molecule has 0 bridgehead atoms.